The molecule has 2 amide bonds. The second-order valence-corrected chi connectivity index (χ2v) is 9.56. The van der Waals surface area contributed by atoms with Gasteiger partial charge in [0, 0.05) is 23.7 Å². The van der Waals surface area contributed by atoms with Crippen molar-refractivity contribution in [2.75, 3.05) is 0 Å². The first-order chi connectivity index (χ1) is 16.0. The topological polar surface area (TPSA) is 67.5 Å². The molecule has 33 heavy (non-hydrogen) atoms. The first kappa shape index (κ1) is 21.7. The monoisotopic (exact) mass is 451 g/mol. The van der Waals surface area contributed by atoms with Crippen molar-refractivity contribution in [1.82, 2.24) is 14.8 Å². The molecule has 0 bridgehead atoms. The van der Waals surface area contributed by atoms with E-state index in [4.69, 9.17) is 4.42 Å². The van der Waals surface area contributed by atoms with Gasteiger partial charge in [0.2, 0.25) is 5.91 Å². The van der Waals surface area contributed by atoms with Crippen LogP contribution in [0.25, 0.3) is 11.1 Å². The van der Waals surface area contributed by atoms with Crippen molar-refractivity contribution in [2.24, 2.45) is 0 Å². The van der Waals surface area contributed by atoms with E-state index in [9.17, 15) is 14.0 Å². The van der Waals surface area contributed by atoms with E-state index in [2.05, 4.69) is 5.32 Å². The number of amides is 2. The predicted molar refractivity (Wildman–Crippen MR) is 123 cm³/mol. The summed E-state index contributed by atoms with van der Waals surface area (Å²) in [7, 11) is 0. The van der Waals surface area contributed by atoms with Crippen LogP contribution in [-0.4, -0.2) is 32.9 Å². The smallest absolute Gasteiger partial charge is 0.271 e. The number of furan rings is 1. The zero-order valence-electron chi connectivity index (χ0n) is 19.0. The third-order valence-corrected chi connectivity index (χ3v) is 7.26. The molecule has 0 saturated heterocycles. The van der Waals surface area contributed by atoms with Gasteiger partial charge < -0.3 is 19.2 Å². The molecule has 1 aliphatic heterocycles. The molecule has 0 radical (unpaired) electrons. The fourth-order valence-electron chi connectivity index (χ4n) is 5.26. The number of hydrogen-bond acceptors (Lipinski definition) is 3. The second kappa shape index (κ2) is 8.69. The van der Waals surface area contributed by atoms with Gasteiger partial charge >= 0.3 is 0 Å². The number of nitrogens with one attached hydrogen (secondary N) is 1. The highest BCUT2D eigenvalue weighted by Crippen LogP contribution is 2.34. The van der Waals surface area contributed by atoms with Gasteiger partial charge in [0.1, 0.15) is 17.1 Å². The van der Waals surface area contributed by atoms with Crippen LogP contribution in [0.5, 0.6) is 0 Å². The van der Waals surface area contributed by atoms with Crippen LogP contribution in [0.2, 0.25) is 0 Å². The number of rotatable bonds is 4. The highest BCUT2D eigenvalue weighted by atomic mass is 19.1. The Morgan fingerprint density at radius 2 is 1.88 bits per heavy atom. The van der Waals surface area contributed by atoms with Crippen molar-refractivity contribution in [1.29, 1.82) is 0 Å². The number of aromatic nitrogens is 1. The average molecular weight is 452 g/mol. The third kappa shape index (κ3) is 3.94. The van der Waals surface area contributed by atoms with Gasteiger partial charge in [-0.1, -0.05) is 50.3 Å². The molecule has 7 heteroatoms. The van der Waals surface area contributed by atoms with Crippen LogP contribution in [0.3, 0.4) is 0 Å². The minimum absolute atomic E-state index is 0.0205. The zero-order chi connectivity index (χ0) is 23.0. The predicted octanol–water partition coefficient (Wildman–Crippen LogP) is 5.02. The lowest BCUT2D eigenvalue weighted by Crippen LogP contribution is -2.64. The molecule has 1 N–H and O–H groups in total. The molecule has 1 saturated carbocycles. The number of hydrogen-bond donors (Lipinski definition) is 1. The van der Waals surface area contributed by atoms with Crippen LogP contribution in [0.4, 0.5) is 4.39 Å². The molecule has 1 aliphatic carbocycles. The number of carbonyl (C=O) groups excluding carboxylic acids is 2. The Morgan fingerprint density at radius 3 is 2.64 bits per heavy atom. The van der Waals surface area contributed by atoms with Crippen molar-refractivity contribution in [3.05, 3.63) is 59.7 Å². The average Bonchev–Trinajstić information content (AvgIpc) is 3.36. The molecule has 1 atom stereocenters. The number of benzene rings is 1. The number of halogens is 1. The van der Waals surface area contributed by atoms with E-state index in [-0.39, 0.29) is 36.8 Å². The van der Waals surface area contributed by atoms with Crippen LogP contribution < -0.4 is 5.32 Å². The Morgan fingerprint density at radius 1 is 1.15 bits per heavy atom. The Kier molecular flexibility index (Phi) is 5.72. The number of nitrogens with zero attached hydrogens (tertiary/aromatic N) is 2. The van der Waals surface area contributed by atoms with E-state index in [1.54, 1.807) is 37.5 Å². The lowest BCUT2D eigenvalue weighted by molar-refractivity contribution is -0.134. The van der Waals surface area contributed by atoms with Gasteiger partial charge in [0.05, 0.1) is 24.9 Å². The largest absolute Gasteiger partial charge is 0.463 e. The fraction of sp³-hybridized carbons (Fsp3) is 0.462. The molecule has 6 nitrogen and oxygen atoms in total. The van der Waals surface area contributed by atoms with Gasteiger partial charge in [-0.05, 0) is 25.8 Å². The summed E-state index contributed by atoms with van der Waals surface area (Å²) >= 11 is 0. The SMILES string of the molecule is C[C@@]1(C(=O)NC2CCCCCCC2)Cn2c(cc3occc32)C(=O)N1Cc1ccccc1F. The normalized spacial score (nSPS) is 22.1. The molecule has 0 spiro atoms. The van der Waals surface area contributed by atoms with Crippen LogP contribution in [0, 0.1) is 5.82 Å². The zero-order valence-corrected chi connectivity index (χ0v) is 19.0. The number of fused-ring (bicyclic) bond motifs is 3. The van der Waals surface area contributed by atoms with Crippen molar-refractivity contribution in [3.8, 4) is 0 Å². The van der Waals surface area contributed by atoms with Crippen molar-refractivity contribution in [2.45, 2.75) is 76.5 Å². The highest BCUT2D eigenvalue weighted by molar-refractivity contribution is 6.02. The summed E-state index contributed by atoms with van der Waals surface area (Å²) in [5, 5.41) is 3.25. The first-order valence-electron chi connectivity index (χ1n) is 11.9. The summed E-state index contributed by atoms with van der Waals surface area (Å²) in [5.74, 6) is -0.872. The van der Waals surface area contributed by atoms with E-state index in [1.807, 2.05) is 10.6 Å². The van der Waals surface area contributed by atoms with E-state index in [1.165, 1.54) is 30.2 Å². The van der Waals surface area contributed by atoms with Gasteiger partial charge in [-0.3, -0.25) is 9.59 Å². The van der Waals surface area contributed by atoms with E-state index in [0.29, 0.717) is 16.8 Å². The quantitative estimate of drug-likeness (QED) is 0.606. The molecule has 5 rings (SSSR count). The summed E-state index contributed by atoms with van der Waals surface area (Å²) in [4.78, 5) is 29.0. The summed E-state index contributed by atoms with van der Waals surface area (Å²) < 4.78 is 21.9. The Hall–Kier alpha value is -3.09. The maximum absolute atomic E-state index is 14.5. The van der Waals surface area contributed by atoms with Crippen molar-refractivity contribution >= 4 is 22.9 Å². The molecule has 1 fully saturated rings. The molecule has 1 aromatic carbocycles. The van der Waals surface area contributed by atoms with Crippen molar-refractivity contribution in [3.63, 3.8) is 0 Å². The van der Waals surface area contributed by atoms with Gasteiger partial charge in [-0.2, -0.15) is 0 Å². The summed E-state index contributed by atoms with van der Waals surface area (Å²) in [5.41, 5.74) is 1.07. The molecule has 2 aliphatic rings. The third-order valence-electron chi connectivity index (χ3n) is 7.26. The summed E-state index contributed by atoms with van der Waals surface area (Å²) in [6.07, 6.45) is 9.29. The van der Waals surface area contributed by atoms with Crippen LogP contribution in [-0.2, 0) is 17.9 Å². The maximum atomic E-state index is 14.5. The number of carbonyl (C=O) groups is 2. The van der Waals surface area contributed by atoms with Crippen molar-refractivity contribution < 1.29 is 18.4 Å². The maximum Gasteiger partial charge on any atom is 0.271 e. The van der Waals surface area contributed by atoms with Crippen LogP contribution >= 0.6 is 0 Å². The Bertz CT molecular complexity index is 1170. The van der Waals surface area contributed by atoms with Crippen LogP contribution in [0.1, 0.15) is 67.9 Å². The van der Waals surface area contributed by atoms with Gasteiger partial charge in [-0.25, -0.2) is 4.39 Å². The molecule has 174 valence electrons. The van der Waals surface area contributed by atoms with E-state index in [0.717, 1.165) is 31.2 Å². The molecule has 3 aromatic rings. The Labute approximate surface area is 192 Å². The lowest BCUT2D eigenvalue weighted by atomic mass is 9.91. The Balaban J connectivity index is 1.50. The molecular formula is C26H30FN3O3. The summed E-state index contributed by atoms with van der Waals surface area (Å²) in [6, 6.07) is 10.0. The van der Waals surface area contributed by atoms with Crippen LogP contribution in [0.15, 0.2) is 47.1 Å². The minimum atomic E-state index is -1.17. The molecular weight excluding hydrogens is 421 g/mol. The van der Waals surface area contributed by atoms with E-state index >= 15 is 0 Å². The van der Waals surface area contributed by atoms with Gasteiger partial charge in [0.15, 0.2) is 5.58 Å². The molecule has 2 aromatic heterocycles. The summed E-state index contributed by atoms with van der Waals surface area (Å²) in [6.45, 7) is 2.09. The fourth-order valence-corrected chi connectivity index (χ4v) is 5.26. The molecule has 0 unspecified atom stereocenters. The van der Waals surface area contributed by atoms with E-state index < -0.39 is 5.54 Å². The highest BCUT2D eigenvalue weighted by Gasteiger charge is 2.48. The standard InChI is InChI=1S/C26H30FN3O3/c1-26(25(32)28-19-10-5-3-2-4-6-11-19)17-29-21-13-14-33-23(21)15-22(29)24(31)30(26)16-18-9-7-8-12-20(18)27/h7-9,12-15,19H,2-6,10-11,16-17H2,1H3,(H,28,32)/t26-/m0/s1. The first-order valence-corrected chi connectivity index (χ1v) is 11.9. The molecule has 3 heterocycles. The van der Waals surface area contributed by atoms with Gasteiger partial charge in [-0.15, -0.1) is 0 Å². The lowest BCUT2D eigenvalue weighted by Gasteiger charge is -2.44. The second-order valence-electron chi connectivity index (χ2n) is 9.56. The minimum Gasteiger partial charge on any atom is -0.463 e. The van der Waals surface area contributed by atoms with Gasteiger partial charge in [0.25, 0.3) is 5.91 Å².